The summed E-state index contributed by atoms with van der Waals surface area (Å²) in [6.07, 6.45) is 1.38. The number of amides is 1. The average Bonchev–Trinajstić information content (AvgIpc) is 2.93. The molecule has 0 aliphatic carbocycles. The molecular weight excluding hydrogens is 356 g/mol. The Bertz CT molecular complexity index is 645. The van der Waals surface area contributed by atoms with Gasteiger partial charge >= 0.3 is 0 Å². The Balaban J connectivity index is 1.96. The lowest BCUT2D eigenvalue weighted by atomic mass is 9.99. The molecule has 10 heteroatoms. The van der Waals surface area contributed by atoms with Crippen LogP contribution in [0.25, 0.3) is 0 Å². The van der Waals surface area contributed by atoms with Gasteiger partial charge in [-0.25, -0.2) is 12.7 Å². The van der Waals surface area contributed by atoms with E-state index in [0.717, 1.165) is 4.34 Å². The normalized spacial score (nSPS) is 19.9. The molecule has 0 saturated carbocycles. The molecule has 1 amide bonds. The van der Waals surface area contributed by atoms with Crippen molar-refractivity contribution in [3.8, 4) is 0 Å². The average molecular weight is 379 g/mol. The first-order chi connectivity index (χ1) is 10.8. The maximum Gasteiger partial charge on any atom is 0.230 e. The number of aromatic nitrogens is 2. The standard InChI is InChI=1S/C13H22N4O3S3/c1-4-23(19,20)17-7-5-6-10(8-17)11(18)14-12-15-16-13(22-12)21-9(2)3/h9-10H,4-8H2,1-3H3,(H,14,15,18)/t10-/m1/s1. The molecule has 0 unspecified atom stereocenters. The minimum atomic E-state index is -3.25. The van der Waals surface area contributed by atoms with Crippen molar-refractivity contribution in [1.82, 2.24) is 14.5 Å². The molecule has 2 rings (SSSR count). The Hall–Kier alpha value is -0.710. The Morgan fingerprint density at radius 1 is 1.48 bits per heavy atom. The van der Waals surface area contributed by atoms with Crippen molar-refractivity contribution in [2.75, 3.05) is 24.2 Å². The molecule has 1 aromatic rings. The predicted molar refractivity (Wildman–Crippen MR) is 93.3 cm³/mol. The third kappa shape index (κ3) is 5.13. The van der Waals surface area contributed by atoms with Crippen LogP contribution in [0.5, 0.6) is 0 Å². The summed E-state index contributed by atoms with van der Waals surface area (Å²) in [7, 11) is -3.25. The molecule has 1 fully saturated rings. The van der Waals surface area contributed by atoms with Crippen LogP contribution in [0.2, 0.25) is 0 Å². The Kier molecular flexibility index (Phi) is 6.40. The first kappa shape index (κ1) is 18.6. The van der Waals surface area contributed by atoms with Crippen LogP contribution < -0.4 is 5.32 Å². The summed E-state index contributed by atoms with van der Waals surface area (Å²) < 4.78 is 26.1. The molecular formula is C13H22N4O3S3. The summed E-state index contributed by atoms with van der Waals surface area (Å²) in [6.45, 7) is 6.49. The number of nitrogens with zero attached hydrogens (tertiary/aromatic N) is 3. The van der Waals surface area contributed by atoms with Crippen molar-refractivity contribution in [2.45, 2.75) is 43.2 Å². The van der Waals surface area contributed by atoms with E-state index in [-0.39, 0.29) is 24.1 Å². The first-order valence-corrected chi connectivity index (χ1v) is 10.9. The fraction of sp³-hybridized carbons (Fsp3) is 0.769. The van der Waals surface area contributed by atoms with Crippen molar-refractivity contribution >= 4 is 44.2 Å². The van der Waals surface area contributed by atoms with Gasteiger partial charge in [0.15, 0.2) is 4.34 Å². The van der Waals surface area contributed by atoms with Crippen LogP contribution in [-0.2, 0) is 14.8 Å². The topological polar surface area (TPSA) is 92.3 Å². The van der Waals surface area contributed by atoms with E-state index in [1.165, 1.54) is 15.6 Å². The summed E-state index contributed by atoms with van der Waals surface area (Å²) in [5, 5.41) is 11.6. The van der Waals surface area contributed by atoms with Gasteiger partial charge in [0.1, 0.15) is 0 Å². The van der Waals surface area contributed by atoms with E-state index in [4.69, 9.17) is 0 Å². The lowest BCUT2D eigenvalue weighted by Gasteiger charge is -2.30. The smallest absolute Gasteiger partial charge is 0.230 e. The highest BCUT2D eigenvalue weighted by Crippen LogP contribution is 2.29. The second kappa shape index (κ2) is 7.91. The minimum Gasteiger partial charge on any atom is -0.300 e. The molecule has 0 aromatic carbocycles. The van der Waals surface area contributed by atoms with Gasteiger partial charge < -0.3 is 5.32 Å². The van der Waals surface area contributed by atoms with Gasteiger partial charge in [-0.05, 0) is 19.8 Å². The zero-order valence-electron chi connectivity index (χ0n) is 13.5. The number of nitrogens with one attached hydrogen (secondary N) is 1. The largest absolute Gasteiger partial charge is 0.300 e. The number of carbonyl (C=O) groups is 1. The molecule has 1 aliphatic rings. The SMILES string of the molecule is CCS(=O)(=O)N1CCC[C@@H](C(=O)Nc2nnc(SC(C)C)s2)C1. The van der Waals surface area contributed by atoms with Gasteiger partial charge in [-0.3, -0.25) is 4.79 Å². The molecule has 1 atom stereocenters. The van der Waals surface area contributed by atoms with Gasteiger partial charge in [0.25, 0.3) is 0 Å². The van der Waals surface area contributed by atoms with Crippen LogP contribution >= 0.6 is 23.1 Å². The molecule has 23 heavy (non-hydrogen) atoms. The van der Waals surface area contributed by atoms with Crippen LogP contribution in [0, 0.1) is 5.92 Å². The quantitative estimate of drug-likeness (QED) is 0.601. The lowest BCUT2D eigenvalue weighted by Crippen LogP contribution is -2.44. The fourth-order valence-corrected chi connectivity index (χ4v) is 5.47. The summed E-state index contributed by atoms with van der Waals surface area (Å²) in [5.41, 5.74) is 0. The molecule has 0 bridgehead atoms. The second-order valence-corrected chi connectivity index (χ2v) is 10.7. The van der Waals surface area contributed by atoms with E-state index >= 15 is 0 Å². The molecule has 0 spiro atoms. The fourth-order valence-electron chi connectivity index (χ4n) is 2.31. The van der Waals surface area contributed by atoms with Gasteiger partial charge in [0, 0.05) is 18.3 Å². The van der Waals surface area contributed by atoms with Crippen LogP contribution in [-0.4, -0.2) is 52.9 Å². The first-order valence-electron chi connectivity index (χ1n) is 7.60. The molecule has 1 N–H and O–H groups in total. The summed E-state index contributed by atoms with van der Waals surface area (Å²) in [5.74, 6) is -0.457. The number of rotatable bonds is 6. The van der Waals surface area contributed by atoms with Crippen molar-refractivity contribution in [3.05, 3.63) is 0 Å². The number of carbonyl (C=O) groups excluding carboxylic acids is 1. The number of sulfonamides is 1. The molecule has 2 heterocycles. The van der Waals surface area contributed by atoms with Gasteiger partial charge in [-0.1, -0.05) is 36.9 Å². The van der Waals surface area contributed by atoms with Crippen LogP contribution in [0.4, 0.5) is 5.13 Å². The molecule has 7 nitrogen and oxygen atoms in total. The third-order valence-corrected chi connectivity index (χ3v) is 7.26. The Morgan fingerprint density at radius 2 is 2.22 bits per heavy atom. The van der Waals surface area contributed by atoms with E-state index < -0.39 is 10.0 Å². The van der Waals surface area contributed by atoms with Crippen LogP contribution in [0.3, 0.4) is 0 Å². The number of hydrogen-bond acceptors (Lipinski definition) is 7. The van der Waals surface area contributed by atoms with E-state index in [2.05, 4.69) is 29.4 Å². The maximum absolute atomic E-state index is 12.4. The van der Waals surface area contributed by atoms with Gasteiger partial charge in [0.05, 0.1) is 11.7 Å². The monoisotopic (exact) mass is 378 g/mol. The highest BCUT2D eigenvalue weighted by Gasteiger charge is 2.31. The Morgan fingerprint density at radius 3 is 2.87 bits per heavy atom. The maximum atomic E-state index is 12.4. The van der Waals surface area contributed by atoms with Crippen molar-refractivity contribution in [2.24, 2.45) is 5.92 Å². The predicted octanol–water partition coefficient (Wildman–Crippen LogP) is 2.04. The number of piperidine rings is 1. The third-order valence-electron chi connectivity index (χ3n) is 3.49. The summed E-state index contributed by atoms with van der Waals surface area (Å²) in [6, 6.07) is 0. The van der Waals surface area contributed by atoms with Crippen LogP contribution in [0.15, 0.2) is 4.34 Å². The van der Waals surface area contributed by atoms with Crippen molar-refractivity contribution in [1.29, 1.82) is 0 Å². The van der Waals surface area contributed by atoms with Gasteiger partial charge in [-0.2, -0.15) is 0 Å². The number of thioether (sulfide) groups is 1. The van der Waals surface area contributed by atoms with E-state index in [9.17, 15) is 13.2 Å². The highest BCUT2D eigenvalue weighted by atomic mass is 32.2. The van der Waals surface area contributed by atoms with Crippen molar-refractivity contribution < 1.29 is 13.2 Å². The lowest BCUT2D eigenvalue weighted by molar-refractivity contribution is -0.120. The minimum absolute atomic E-state index is 0.0630. The van der Waals surface area contributed by atoms with Gasteiger partial charge in [0.2, 0.25) is 21.1 Å². The molecule has 0 radical (unpaired) electrons. The summed E-state index contributed by atoms with van der Waals surface area (Å²) in [4.78, 5) is 12.4. The zero-order chi connectivity index (χ0) is 17.0. The second-order valence-electron chi connectivity index (χ2n) is 5.63. The van der Waals surface area contributed by atoms with Crippen LogP contribution in [0.1, 0.15) is 33.6 Å². The van der Waals surface area contributed by atoms with E-state index in [0.29, 0.717) is 29.8 Å². The van der Waals surface area contributed by atoms with Gasteiger partial charge in [-0.15, -0.1) is 10.2 Å². The molecule has 1 aromatic heterocycles. The van der Waals surface area contributed by atoms with E-state index in [1.807, 2.05) is 0 Å². The number of hydrogen-bond donors (Lipinski definition) is 1. The summed E-state index contributed by atoms with van der Waals surface area (Å²) >= 11 is 2.94. The van der Waals surface area contributed by atoms with Crippen molar-refractivity contribution in [3.63, 3.8) is 0 Å². The Labute approximate surface area is 145 Å². The highest BCUT2D eigenvalue weighted by molar-refractivity contribution is 8.01. The molecule has 130 valence electrons. The molecule has 1 aliphatic heterocycles. The van der Waals surface area contributed by atoms with E-state index in [1.54, 1.807) is 18.7 Å². The zero-order valence-corrected chi connectivity index (χ0v) is 15.9. The molecule has 1 saturated heterocycles. The number of anilines is 1.